The fraction of sp³-hybridized carbons (Fsp3) is 0.556. The van der Waals surface area contributed by atoms with E-state index in [-0.39, 0.29) is 0 Å². The maximum absolute atomic E-state index is 5.82. The third-order valence-electron chi connectivity index (χ3n) is 4.52. The van der Waals surface area contributed by atoms with Gasteiger partial charge in [0.1, 0.15) is 6.26 Å². The lowest BCUT2D eigenvalue weighted by molar-refractivity contribution is 0.0840. The van der Waals surface area contributed by atoms with Gasteiger partial charge in [-0.25, -0.2) is 0 Å². The highest BCUT2D eigenvalue weighted by atomic mass is 16.6. The molecule has 0 aromatic heterocycles. The molecule has 126 valence electrons. The second-order valence-electron chi connectivity index (χ2n) is 6.16. The van der Waals surface area contributed by atoms with Gasteiger partial charge in [0.2, 0.25) is 5.88 Å². The Kier molecular flexibility index (Phi) is 5.77. The Bertz CT molecular complexity index is 514. The summed E-state index contributed by atoms with van der Waals surface area (Å²) in [5, 5.41) is 0. The van der Waals surface area contributed by atoms with Gasteiger partial charge in [0.15, 0.2) is 12.0 Å². The predicted octanol–water partition coefficient (Wildman–Crippen LogP) is 2.31. The summed E-state index contributed by atoms with van der Waals surface area (Å²) < 4.78 is 11.6. The molecule has 0 aromatic rings. The first-order chi connectivity index (χ1) is 11.4. The molecular formula is C18H27N3O2. The number of allylic oxidation sites excluding steroid dienone is 4. The van der Waals surface area contributed by atoms with Crippen LogP contribution in [0.3, 0.4) is 0 Å². The first-order valence-corrected chi connectivity index (χ1v) is 8.64. The highest BCUT2D eigenvalue weighted by Crippen LogP contribution is 2.26. The van der Waals surface area contributed by atoms with E-state index in [0.717, 1.165) is 70.2 Å². The number of hydrogen-bond acceptors (Lipinski definition) is 5. The zero-order valence-corrected chi connectivity index (χ0v) is 13.7. The number of ether oxygens (including phenoxy) is 2. The molecule has 3 aliphatic rings. The van der Waals surface area contributed by atoms with Crippen LogP contribution in [-0.4, -0.2) is 49.1 Å². The molecule has 5 nitrogen and oxygen atoms in total. The van der Waals surface area contributed by atoms with Crippen molar-refractivity contribution in [3.05, 3.63) is 48.0 Å². The van der Waals surface area contributed by atoms with E-state index in [4.69, 9.17) is 15.2 Å². The number of hydrogen-bond donors (Lipinski definition) is 1. The summed E-state index contributed by atoms with van der Waals surface area (Å²) in [6.45, 7) is 6.03. The van der Waals surface area contributed by atoms with Crippen molar-refractivity contribution in [1.29, 1.82) is 0 Å². The Hall–Kier alpha value is -1.72. The fourth-order valence-corrected chi connectivity index (χ4v) is 3.06. The van der Waals surface area contributed by atoms with Gasteiger partial charge in [0.05, 0.1) is 0 Å². The second kappa shape index (κ2) is 8.22. The first kappa shape index (κ1) is 16.1. The third-order valence-corrected chi connectivity index (χ3v) is 4.52. The molecule has 0 atom stereocenters. The van der Waals surface area contributed by atoms with E-state index in [9.17, 15) is 0 Å². The SMILES string of the molecule is NCCCCN1CCN(C2=COC(C3=CC=CCC3)=CO2)CC1. The molecule has 0 amide bonds. The zero-order chi connectivity index (χ0) is 15.9. The number of nitrogens with two attached hydrogens (primary N) is 1. The van der Waals surface area contributed by atoms with E-state index in [1.165, 1.54) is 12.0 Å². The fourth-order valence-electron chi connectivity index (χ4n) is 3.06. The van der Waals surface area contributed by atoms with Crippen LogP contribution >= 0.6 is 0 Å². The lowest BCUT2D eigenvalue weighted by Crippen LogP contribution is -2.46. The van der Waals surface area contributed by atoms with Crippen molar-refractivity contribution in [2.45, 2.75) is 25.7 Å². The zero-order valence-electron chi connectivity index (χ0n) is 13.7. The van der Waals surface area contributed by atoms with Crippen molar-refractivity contribution in [1.82, 2.24) is 9.80 Å². The van der Waals surface area contributed by atoms with E-state index in [1.54, 1.807) is 12.5 Å². The van der Waals surface area contributed by atoms with Gasteiger partial charge in [-0.2, -0.15) is 0 Å². The molecule has 0 bridgehead atoms. The maximum Gasteiger partial charge on any atom is 0.231 e. The van der Waals surface area contributed by atoms with Crippen molar-refractivity contribution >= 4 is 0 Å². The molecule has 0 aromatic carbocycles. The molecule has 2 N–H and O–H groups in total. The Morgan fingerprint density at radius 1 is 1.04 bits per heavy atom. The average Bonchev–Trinajstić information content (AvgIpc) is 2.63. The minimum absolute atomic E-state index is 0.791. The Labute approximate surface area is 138 Å². The Balaban J connectivity index is 1.44. The second-order valence-corrected chi connectivity index (χ2v) is 6.16. The van der Waals surface area contributed by atoms with Crippen molar-refractivity contribution in [3.8, 4) is 0 Å². The largest absolute Gasteiger partial charge is 0.456 e. The van der Waals surface area contributed by atoms with Crippen LogP contribution in [-0.2, 0) is 9.47 Å². The van der Waals surface area contributed by atoms with Crippen molar-refractivity contribution in [2.75, 3.05) is 39.3 Å². The summed E-state index contributed by atoms with van der Waals surface area (Å²) in [6, 6.07) is 0. The molecule has 1 saturated heterocycles. The Morgan fingerprint density at radius 2 is 1.91 bits per heavy atom. The molecule has 1 fully saturated rings. The number of nitrogens with zero attached hydrogens (tertiary/aromatic N) is 2. The van der Waals surface area contributed by atoms with Crippen LogP contribution < -0.4 is 5.73 Å². The molecule has 2 heterocycles. The molecule has 0 unspecified atom stereocenters. The van der Waals surface area contributed by atoms with Gasteiger partial charge in [-0.3, -0.25) is 4.90 Å². The quantitative estimate of drug-likeness (QED) is 0.762. The molecule has 0 spiro atoms. The van der Waals surface area contributed by atoms with E-state index >= 15 is 0 Å². The summed E-state index contributed by atoms with van der Waals surface area (Å²) in [6.07, 6.45) is 14.2. The topological polar surface area (TPSA) is 51.0 Å². The number of rotatable bonds is 6. The van der Waals surface area contributed by atoms with Crippen LogP contribution in [0.15, 0.2) is 48.0 Å². The van der Waals surface area contributed by atoms with Gasteiger partial charge in [-0.15, -0.1) is 0 Å². The van der Waals surface area contributed by atoms with Gasteiger partial charge in [-0.1, -0.05) is 18.2 Å². The number of piperazine rings is 1. The first-order valence-electron chi connectivity index (χ1n) is 8.64. The van der Waals surface area contributed by atoms with Crippen LogP contribution in [0.4, 0.5) is 0 Å². The van der Waals surface area contributed by atoms with Gasteiger partial charge < -0.3 is 20.1 Å². The standard InChI is InChI=1S/C18H27N3O2/c19-8-4-5-9-20-10-12-21(13-11-20)18-15-22-17(14-23-18)16-6-2-1-3-7-16/h1-2,6,14-15H,3-5,7-13,19H2. The van der Waals surface area contributed by atoms with Crippen molar-refractivity contribution in [2.24, 2.45) is 5.73 Å². The number of unbranched alkanes of at least 4 members (excludes halogenated alkanes) is 1. The minimum atomic E-state index is 0.791. The molecule has 2 aliphatic heterocycles. The highest BCUT2D eigenvalue weighted by molar-refractivity contribution is 5.32. The summed E-state index contributed by atoms with van der Waals surface area (Å²) in [4.78, 5) is 4.75. The predicted molar refractivity (Wildman–Crippen MR) is 91.1 cm³/mol. The van der Waals surface area contributed by atoms with Crippen molar-refractivity contribution < 1.29 is 9.47 Å². The van der Waals surface area contributed by atoms with Gasteiger partial charge >= 0.3 is 0 Å². The van der Waals surface area contributed by atoms with E-state index in [1.807, 2.05) is 0 Å². The van der Waals surface area contributed by atoms with E-state index < -0.39 is 0 Å². The molecule has 5 heteroatoms. The normalized spacial score (nSPS) is 22.0. The smallest absolute Gasteiger partial charge is 0.231 e. The molecule has 0 saturated carbocycles. The monoisotopic (exact) mass is 317 g/mol. The van der Waals surface area contributed by atoms with Crippen LogP contribution in [0.2, 0.25) is 0 Å². The summed E-state index contributed by atoms with van der Waals surface area (Å²) in [7, 11) is 0. The van der Waals surface area contributed by atoms with Crippen LogP contribution in [0, 0.1) is 0 Å². The summed E-state index contributed by atoms with van der Waals surface area (Å²) >= 11 is 0. The lowest BCUT2D eigenvalue weighted by Gasteiger charge is -2.36. The van der Waals surface area contributed by atoms with Gasteiger partial charge in [0.25, 0.3) is 0 Å². The lowest BCUT2D eigenvalue weighted by atomic mass is 10.0. The summed E-state index contributed by atoms with van der Waals surface area (Å²) in [5.41, 5.74) is 6.75. The van der Waals surface area contributed by atoms with Crippen LogP contribution in [0.25, 0.3) is 0 Å². The van der Waals surface area contributed by atoms with Crippen LogP contribution in [0.1, 0.15) is 25.7 Å². The van der Waals surface area contributed by atoms with Gasteiger partial charge in [-0.05, 0) is 44.3 Å². The molecule has 3 rings (SSSR count). The molecule has 23 heavy (non-hydrogen) atoms. The third kappa shape index (κ3) is 4.39. The minimum Gasteiger partial charge on any atom is -0.456 e. The van der Waals surface area contributed by atoms with Gasteiger partial charge in [0, 0.05) is 26.2 Å². The molecular weight excluding hydrogens is 290 g/mol. The molecule has 0 radical (unpaired) electrons. The maximum atomic E-state index is 5.82. The molecule has 1 aliphatic carbocycles. The van der Waals surface area contributed by atoms with Crippen molar-refractivity contribution in [3.63, 3.8) is 0 Å². The Morgan fingerprint density at radius 3 is 2.57 bits per heavy atom. The van der Waals surface area contributed by atoms with E-state index in [2.05, 4.69) is 28.0 Å². The summed E-state index contributed by atoms with van der Waals surface area (Å²) in [5.74, 6) is 1.65. The average molecular weight is 317 g/mol. The van der Waals surface area contributed by atoms with E-state index in [0.29, 0.717) is 0 Å². The van der Waals surface area contributed by atoms with Crippen LogP contribution in [0.5, 0.6) is 0 Å². The highest BCUT2D eigenvalue weighted by Gasteiger charge is 2.22.